The molecule has 3 aromatic carbocycles. The van der Waals surface area contributed by atoms with E-state index < -0.39 is 21.9 Å². The van der Waals surface area contributed by atoms with Gasteiger partial charge in [-0.15, -0.1) is 0 Å². The summed E-state index contributed by atoms with van der Waals surface area (Å²) in [4.78, 5) is 46.8. The third-order valence-corrected chi connectivity index (χ3v) is 6.34. The van der Waals surface area contributed by atoms with Gasteiger partial charge < -0.3 is 73.7 Å². The van der Waals surface area contributed by atoms with E-state index in [1.54, 1.807) is 0 Å². The average Bonchev–Trinajstić information content (AvgIpc) is 3.06. The second-order valence-electron chi connectivity index (χ2n) is 9.76. The molecule has 0 aliphatic carbocycles. The van der Waals surface area contributed by atoms with Gasteiger partial charge in [-0.2, -0.15) is 0 Å². The number of non-ortho nitro benzene ring substituents is 2. The van der Waals surface area contributed by atoms with E-state index in [9.17, 15) is 29.8 Å². The van der Waals surface area contributed by atoms with E-state index >= 15 is 0 Å². The Hall–Kier alpha value is -3.19. The Morgan fingerprint density at radius 3 is 1.12 bits per heavy atom. The number of fused-ring (bicyclic) bond motifs is 1. The molecule has 1 aliphatic heterocycles. The third kappa shape index (κ3) is 15.0. The molecule has 3 aromatic rings. The first kappa shape index (κ1) is 43.0. The monoisotopic (exact) mass is 836 g/mol. The summed E-state index contributed by atoms with van der Waals surface area (Å²) in [6.45, 7) is 2.89. The second-order valence-corrected chi connectivity index (χ2v) is 9.76. The number of anilines is 4. The molecule has 0 saturated heterocycles. The number of hydrogen-bond acceptors (Lipinski definition) is 12. The van der Waals surface area contributed by atoms with Crippen molar-refractivity contribution in [2.75, 3.05) is 87.3 Å². The molecule has 0 atom stereocenters. The summed E-state index contributed by atoms with van der Waals surface area (Å²) in [5, 5.41) is 32.4. The number of nitro benzene ring substituents is 2. The van der Waals surface area contributed by atoms with Crippen molar-refractivity contribution in [3.05, 3.63) is 80.9 Å². The van der Waals surface area contributed by atoms with Crippen LogP contribution in [0.1, 0.15) is 0 Å². The number of hydrogen-bond donors (Lipinski definition) is 4. The van der Waals surface area contributed by atoms with Crippen molar-refractivity contribution in [2.24, 2.45) is 0 Å². The minimum atomic E-state index is -0.734. The van der Waals surface area contributed by atoms with Crippen LogP contribution in [0.5, 0.6) is 11.5 Å². The number of nitrogens with one attached hydrogen (secondary N) is 4. The van der Waals surface area contributed by atoms with Crippen LogP contribution in [-0.4, -0.2) is 88.0 Å². The molecule has 4 N–H and O–H groups in total. The molecule has 4 rings (SSSR count). The summed E-state index contributed by atoms with van der Waals surface area (Å²) in [6, 6.07) is 11.8. The molecule has 264 valence electrons. The quantitative estimate of drug-likeness (QED) is 0.0979. The van der Waals surface area contributed by atoms with Crippen molar-refractivity contribution in [2.45, 2.75) is 0 Å². The number of rotatable bonds is 6. The number of ether oxygens (including phenoxy) is 6. The molecule has 0 bridgehead atoms. The molecule has 0 fully saturated rings. The van der Waals surface area contributed by atoms with Gasteiger partial charge in [-0.3, -0.25) is 20.2 Å². The minimum Gasteiger partial charge on any atom is -1.00 e. The summed E-state index contributed by atoms with van der Waals surface area (Å²) in [6.07, 6.45) is 0. The maximum atomic E-state index is 13.0. The molecule has 1 heterocycles. The fourth-order valence-corrected chi connectivity index (χ4v) is 4.08. The molecule has 50 heavy (non-hydrogen) atoms. The fourth-order valence-electron chi connectivity index (χ4n) is 4.08. The summed E-state index contributed by atoms with van der Waals surface area (Å²) < 4.78 is 33.9. The van der Waals surface area contributed by atoms with Crippen LogP contribution >= 0.6 is 0 Å². The van der Waals surface area contributed by atoms with Crippen molar-refractivity contribution in [3.8, 4) is 11.5 Å². The molecule has 0 saturated carbocycles. The summed E-state index contributed by atoms with van der Waals surface area (Å²) in [5.74, 6) is 0.428. The van der Waals surface area contributed by atoms with Gasteiger partial charge >= 0.3 is 63.4 Å². The van der Waals surface area contributed by atoms with Crippen LogP contribution in [0, 0.1) is 20.2 Å². The second kappa shape index (κ2) is 23.3. The van der Waals surface area contributed by atoms with Crippen molar-refractivity contribution in [1.29, 1.82) is 0 Å². The van der Waals surface area contributed by atoms with Gasteiger partial charge in [0, 0.05) is 47.8 Å². The van der Waals surface area contributed by atoms with Crippen molar-refractivity contribution >= 4 is 46.2 Å². The van der Waals surface area contributed by atoms with Crippen LogP contribution < -0.4 is 106 Å². The smallest absolute Gasteiger partial charge is 1.00 e. The Balaban J connectivity index is 0.00000433. The van der Waals surface area contributed by atoms with E-state index in [4.69, 9.17) is 28.4 Å². The van der Waals surface area contributed by atoms with Crippen LogP contribution in [0.15, 0.2) is 60.7 Å². The molecule has 18 nitrogen and oxygen atoms in total. The number of halogens is 1. The first-order chi connectivity index (χ1) is 23.3. The van der Waals surface area contributed by atoms with Gasteiger partial charge in [0.05, 0.1) is 74.1 Å². The molecule has 20 heteroatoms. The predicted octanol–water partition coefficient (Wildman–Crippen LogP) is -1.36. The van der Waals surface area contributed by atoms with Gasteiger partial charge in [0.15, 0.2) is 11.5 Å². The van der Waals surface area contributed by atoms with Crippen molar-refractivity contribution in [3.63, 3.8) is 0 Å². The third-order valence-electron chi connectivity index (χ3n) is 6.34. The Bertz CT molecular complexity index is 1440. The molecule has 0 spiro atoms. The Morgan fingerprint density at radius 2 is 0.820 bits per heavy atom. The topological polar surface area (TPSA) is 224 Å². The van der Waals surface area contributed by atoms with Crippen LogP contribution in [-0.2, 0) is 18.9 Å². The molecule has 4 amide bonds. The molecular formula is C30H34IKN6O12. The zero-order chi connectivity index (χ0) is 34.1. The predicted molar refractivity (Wildman–Crippen MR) is 172 cm³/mol. The number of carbonyl (C=O) groups excluding carboxylic acids is 2. The summed E-state index contributed by atoms with van der Waals surface area (Å²) in [5.41, 5.74) is 0.433. The number of nitrogens with zero attached hydrogens (tertiary/aromatic N) is 2. The fraction of sp³-hybridized carbons (Fsp3) is 0.333. The van der Waals surface area contributed by atoms with Gasteiger partial charge in [0.25, 0.3) is 11.4 Å². The van der Waals surface area contributed by atoms with Gasteiger partial charge in [-0.25, -0.2) is 9.59 Å². The normalized spacial score (nSPS) is 14.2. The molecule has 0 aromatic heterocycles. The van der Waals surface area contributed by atoms with Crippen molar-refractivity contribution in [1.82, 2.24) is 0 Å². The van der Waals surface area contributed by atoms with E-state index in [0.29, 0.717) is 39.6 Å². The molecule has 0 unspecified atom stereocenters. The van der Waals surface area contributed by atoms with E-state index in [2.05, 4.69) is 21.3 Å². The number of carbonyl (C=O) groups is 2. The minimum absolute atomic E-state index is 0. The largest absolute Gasteiger partial charge is 1.00 e. The SMILES string of the molecule is O=C(Nc1ccc([N+](=O)[O-])cc1)Nc1cc2c(cc1NC(=O)Nc1ccc([N+](=O)[O-])cc1)OCCOCCOCCOCCOCCO2.[I-].[K+]. The van der Waals surface area contributed by atoms with Gasteiger partial charge in [-0.1, -0.05) is 0 Å². The number of amides is 4. The van der Waals surface area contributed by atoms with Crippen LogP contribution in [0.2, 0.25) is 0 Å². The standard InChI is InChI=1S/C30H34N6O12.HI.K/c37-29(31-21-1-5-23(6-2-21)35(39)40)33-25-19-27-28(20-26(25)34-30(38)32-22-3-7-24(8-4-22)36(41)42)48-18-16-46-14-12-44-10-9-43-11-13-45-15-17-47-27;;/h1-8,19-20H,9-18H2,(H2,31,33,37)(H2,32,34,38);1H;/q;;+1/p-1. The first-order valence-corrected chi connectivity index (χ1v) is 14.7. The van der Waals surface area contributed by atoms with Gasteiger partial charge in [-0.05, 0) is 24.3 Å². The van der Waals surface area contributed by atoms with Crippen LogP contribution in [0.4, 0.5) is 43.7 Å². The summed E-state index contributed by atoms with van der Waals surface area (Å²) in [7, 11) is 0. The van der Waals surface area contributed by atoms with E-state index in [-0.39, 0.29) is 147 Å². The Morgan fingerprint density at radius 1 is 0.520 bits per heavy atom. The number of benzene rings is 3. The Labute approximate surface area is 345 Å². The maximum Gasteiger partial charge on any atom is 1.00 e. The van der Waals surface area contributed by atoms with Crippen molar-refractivity contribution < 1.29 is 123 Å². The van der Waals surface area contributed by atoms with E-state index in [0.717, 1.165) is 0 Å². The number of nitro groups is 2. The zero-order valence-electron chi connectivity index (χ0n) is 27.0. The van der Waals surface area contributed by atoms with Gasteiger partial charge in [0.1, 0.15) is 13.2 Å². The Kier molecular flexibility index (Phi) is 20.0. The van der Waals surface area contributed by atoms with Crippen LogP contribution in [0.25, 0.3) is 0 Å². The zero-order valence-corrected chi connectivity index (χ0v) is 32.3. The molecular weight excluding hydrogens is 802 g/mol. The molecule has 1 aliphatic rings. The van der Waals surface area contributed by atoms with E-state index in [1.807, 2.05) is 0 Å². The van der Waals surface area contributed by atoms with Gasteiger partial charge in [0.2, 0.25) is 0 Å². The van der Waals surface area contributed by atoms with Crippen LogP contribution in [0.3, 0.4) is 0 Å². The first-order valence-electron chi connectivity index (χ1n) is 14.7. The molecule has 0 radical (unpaired) electrons. The van der Waals surface area contributed by atoms with E-state index in [1.165, 1.54) is 60.7 Å². The number of urea groups is 2. The summed E-state index contributed by atoms with van der Waals surface area (Å²) >= 11 is 0. The maximum absolute atomic E-state index is 13.0. The average molecular weight is 837 g/mol.